The minimum Gasteiger partial charge on any atom is -0.382 e. The second-order valence-electron chi connectivity index (χ2n) is 6.40. The van der Waals surface area contributed by atoms with Crippen LogP contribution in [-0.2, 0) is 0 Å². The Balaban J connectivity index is 1.72. The van der Waals surface area contributed by atoms with E-state index in [9.17, 15) is 4.79 Å². The average Bonchev–Trinajstić information content (AvgIpc) is 3.05. The third kappa shape index (κ3) is 4.14. The largest absolute Gasteiger partial charge is 0.382 e. The number of carbonyl (C=O) groups is 1. The van der Waals surface area contributed by atoms with Gasteiger partial charge in [-0.25, -0.2) is 4.98 Å². The highest BCUT2D eigenvalue weighted by Crippen LogP contribution is 2.37. The molecule has 0 saturated heterocycles. The number of nitrogen functional groups attached to an aromatic ring is 1. The standard InChI is InChI=1S/C22H19N5OS/c1-15-10-12-16(13-11-15)21(28)25-19-20(23)27(18-9-5-6-14-24-18)26-22(19)29-17-7-3-2-4-8-17/h2-14H,23H2,1H3,(H,25,28). The van der Waals surface area contributed by atoms with Gasteiger partial charge in [0.05, 0.1) is 0 Å². The highest BCUT2D eigenvalue weighted by Gasteiger charge is 2.21. The third-order valence-electron chi connectivity index (χ3n) is 4.27. The topological polar surface area (TPSA) is 85.8 Å². The molecule has 4 aromatic rings. The number of hydrogen-bond acceptors (Lipinski definition) is 5. The maximum atomic E-state index is 12.8. The van der Waals surface area contributed by atoms with Crippen molar-refractivity contribution >= 4 is 29.2 Å². The summed E-state index contributed by atoms with van der Waals surface area (Å²) >= 11 is 1.43. The molecule has 0 aliphatic heterocycles. The van der Waals surface area contributed by atoms with Crippen molar-refractivity contribution in [3.05, 3.63) is 90.1 Å². The predicted octanol–water partition coefficient (Wildman–Crippen LogP) is 4.56. The van der Waals surface area contributed by atoms with Crippen LogP contribution in [0.25, 0.3) is 5.82 Å². The fourth-order valence-corrected chi connectivity index (χ4v) is 3.64. The zero-order valence-electron chi connectivity index (χ0n) is 15.7. The lowest BCUT2D eigenvalue weighted by atomic mass is 10.1. The van der Waals surface area contributed by atoms with E-state index < -0.39 is 0 Å². The second-order valence-corrected chi connectivity index (χ2v) is 7.46. The van der Waals surface area contributed by atoms with Crippen molar-refractivity contribution in [2.45, 2.75) is 16.8 Å². The van der Waals surface area contributed by atoms with Gasteiger partial charge >= 0.3 is 0 Å². The molecule has 2 aromatic heterocycles. The number of nitrogens with two attached hydrogens (primary N) is 1. The molecule has 6 nitrogen and oxygen atoms in total. The summed E-state index contributed by atoms with van der Waals surface area (Å²) in [7, 11) is 0. The van der Waals surface area contributed by atoms with Gasteiger partial charge in [0, 0.05) is 16.7 Å². The molecule has 0 unspecified atom stereocenters. The lowest BCUT2D eigenvalue weighted by molar-refractivity contribution is 0.102. The van der Waals surface area contributed by atoms with E-state index >= 15 is 0 Å². The Kier molecular flexibility index (Phi) is 5.31. The first kappa shape index (κ1) is 18.8. The molecule has 0 atom stereocenters. The van der Waals surface area contributed by atoms with E-state index in [1.54, 1.807) is 18.3 Å². The molecule has 29 heavy (non-hydrogen) atoms. The monoisotopic (exact) mass is 401 g/mol. The summed E-state index contributed by atoms with van der Waals surface area (Å²) < 4.78 is 1.54. The maximum absolute atomic E-state index is 12.8. The molecule has 0 aliphatic rings. The first-order chi connectivity index (χ1) is 14.1. The molecule has 0 saturated carbocycles. The molecule has 2 heterocycles. The number of rotatable bonds is 5. The maximum Gasteiger partial charge on any atom is 0.255 e. The zero-order chi connectivity index (χ0) is 20.2. The number of anilines is 2. The fraction of sp³-hybridized carbons (Fsp3) is 0.0455. The molecular formula is C22H19N5OS. The van der Waals surface area contributed by atoms with Gasteiger partial charge in [-0.1, -0.05) is 53.7 Å². The Morgan fingerprint density at radius 3 is 2.41 bits per heavy atom. The molecule has 7 heteroatoms. The van der Waals surface area contributed by atoms with E-state index in [0.29, 0.717) is 27.9 Å². The molecule has 4 rings (SSSR count). The van der Waals surface area contributed by atoms with Crippen molar-refractivity contribution in [3.63, 3.8) is 0 Å². The number of nitrogens with zero attached hydrogens (tertiary/aromatic N) is 3. The molecule has 0 spiro atoms. The van der Waals surface area contributed by atoms with Crippen LogP contribution in [0, 0.1) is 6.92 Å². The molecule has 1 amide bonds. The average molecular weight is 401 g/mol. The number of aryl methyl sites for hydroxylation is 1. The van der Waals surface area contributed by atoms with Crippen LogP contribution >= 0.6 is 11.8 Å². The van der Waals surface area contributed by atoms with Crippen molar-refractivity contribution in [1.82, 2.24) is 14.8 Å². The van der Waals surface area contributed by atoms with Crippen LogP contribution in [0.15, 0.2) is 88.9 Å². The molecule has 3 N–H and O–H groups in total. The van der Waals surface area contributed by atoms with Crippen molar-refractivity contribution in [2.75, 3.05) is 11.1 Å². The van der Waals surface area contributed by atoms with Gasteiger partial charge in [-0.15, -0.1) is 0 Å². The smallest absolute Gasteiger partial charge is 0.255 e. The van der Waals surface area contributed by atoms with E-state index in [2.05, 4.69) is 15.4 Å². The molecule has 0 radical (unpaired) electrons. The number of benzene rings is 2. The van der Waals surface area contributed by atoms with Crippen molar-refractivity contribution in [2.24, 2.45) is 0 Å². The minimum atomic E-state index is -0.243. The van der Waals surface area contributed by atoms with Gasteiger partial charge in [-0.3, -0.25) is 4.79 Å². The molecule has 144 valence electrons. The van der Waals surface area contributed by atoms with Crippen LogP contribution in [0.3, 0.4) is 0 Å². The van der Waals surface area contributed by atoms with Crippen LogP contribution in [0.5, 0.6) is 0 Å². The SMILES string of the molecule is Cc1ccc(C(=O)Nc2c(Sc3ccccc3)nn(-c3ccccn3)c2N)cc1. The first-order valence-corrected chi connectivity index (χ1v) is 9.84. The summed E-state index contributed by atoms with van der Waals surface area (Å²) in [6.45, 7) is 1.98. The van der Waals surface area contributed by atoms with Crippen LogP contribution < -0.4 is 11.1 Å². The molecule has 0 bridgehead atoms. The predicted molar refractivity (Wildman–Crippen MR) is 115 cm³/mol. The van der Waals surface area contributed by atoms with Gasteiger partial charge in [-0.2, -0.15) is 9.78 Å². The first-order valence-electron chi connectivity index (χ1n) is 9.02. The molecule has 0 fully saturated rings. The van der Waals surface area contributed by atoms with E-state index in [1.165, 1.54) is 16.4 Å². The van der Waals surface area contributed by atoms with Gasteiger partial charge in [0.15, 0.2) is 11.6 Å². The lowest BCUT2D eigenvalue weighted by Crippen LogP contribution is -2.13. The van der Waals surface area contributed by atoms with Gasteiger partial charge in [0.25, 0.3) is 5.91 Å². The highest BCUT2D eigenvalue weighted by atomic mass is 32.2. The summed E-state index contributed by atoms with van der Waals surface area (Å²) in [5.41, 5.74) is 8.48. The summed E-state index contributed by atoms with van der Waals surface area (Å²) in [6, 6.07) is 22.7. The molecule has 0 aliphatic carbocycles. The quantitative estimate of drug-likeness (QED) is 0.512. The van der Waals surface area contributed by atoms with Crippen molar-refractivity contribution in [3.8, 4) is 5.82 Å². The van der Waals surface area contributed by atoms with E-state index in [4.69, 9.17) is 5.73 Å². The normalized spacial score (nSPS) is 10.7. The van der Waals surface area contributed by atoms with Gasteiger partial charge in [-0.05, 0) is 43.3 Å². The second kappa shape index (κ2) is 8.20. The Bertz CT molecular complexity index is 1130. The number of amides is 1. The van der Waals surface area contributed by atoms with Crippen molar-refractivity contribution in [1.29, 1.82) is 0 Å². The van der Waals surface area contributed by atoms with Gasteiger partial charge in [0.1, 0.15) is 10.7 Å². The Hall–Kier alpha value is -3.58. The third-order valence-corrected chi connectivity index (χ3v) is 5.25. The Labute approximate surface area is 172 Å². The van der Waals surface area contributed by atoms with E-state index in [0.717, 1.165) is 10.5 Å². The van der Waals surface area contributed by atoms with Gasteiger partial charge < -0.3 is 11.1 Å². The minimum absolute atomic E-state index is 0.243. The summed E-state index contributed by atoms with van der Waals surface area (Å²) in [5, 5.41) is 8.14. The Morgan fingerprint density at radius 2 is 1.72 bits per heavy atom. The van der Waals surface area contributed by atoms with E-state index in [1.807, 2.05) is 67.6 Å². The van der Waals surface area contributed by atoms with Crippen LogP contribution in [0.1, 0.15) is 15.9 Å². The molecular weight excluding hydrogens is 382 g/mol. The Morgan fingerprint density at radius 1 is 1.00 bits per heavy atom. The fourth-order valence-electron chi connectivity index (χ4n) is 2.74. The van der Waals surface area contributed by atoms with Crippen LogP contribution in [0.4, 0.5) is 11.5 Å². The van der Waals surface area contributed by atoms with Crippen molar-refractivity contribution < 1.29 is 4.79 Å². The number of nitrogens with one attached hydrogen (secondary N) is 1. The van der Waals surface area contributed by atoms with Crippen LogP contribution in [0.2, 0.25) is 0 Å². The number of pyridine rings is 1. The number of aromatic nitrogens is 3. The lowest BCUT2D eigenvalue weighted by Gasteiger charge is -2.07. The highest BCUT2D eigenvalue weighted by molar-refractivity contribution is 7.99. The summed E-state index contributed by atoms with van der Waals surface area (Å²) in [6.07, 6.45) is 1.67. The summed E-state index contributed by atoms with van der Waals surface area (Å²) in [4.78, 5) is 18.1. The van der Waals surface area contributed by atoms with Crippen LogP contribution in [-0.4, -0.2) is 20.7 Å². The summed E-state index contributed by atoms with van der Waals surface area (Å²) in [5.74, 6) is 0.658. The van der Waals surface area contributed by atoms with E-state index in [-0.39, 0.29) is 5.91 Å². The number of carbonyl (C=O) groups excluding carboxylic acids is 1. The molecule has 2 aromatic carbocycles. The number of hydrogen-bond donors (Lipinski definition) is 2. The zero-order valence-corrected chi connectivity index (χ0v) is 16.6. The van der Waals surface area contributed by atoms with Gasteiger partial charge in [0.2, 0.25) is 0 Å².